The van der Waals surface area contributed by atoms with Crippen molar-refractivity contribution in [3.05, 3.63) is 36.5 Å². The van der Waals surface area contributed by atoms with Crippen LogP contribution in [0.25, 0.3) is 0 Å². The second kappa shape index (κ2) is 7.15. The van der Waals surface area contributed by atoms with Crippen LogP contribution in [0.5, 0.6) is 0 Å². The van der Waals surface area contributed by atoms with E-state index in [2.05, 4.69) is 75.9 Å². The van der Waals surface area contributed by atoms with Crippen molar-refractivity contribution in [1.29, 1.82) is 0 Å². The van der Waals surface area contributed by atoms with E-state index in [1.54, 1.807) is 0 Å². The van der Waals surface area contributed by atoms with Crippen LogP contribution < -0.4 is 5.30 Å². The van der Waals surface area contributed by atoms with Crippen LogP contribution in [0.2, 0.25) is 0 Å². The minimum atomic E-state index is -1.97. The molecular formula is C15H23ClF2PPd+. The molecule has 0 heterocycles. The maximum absolute atomic E-state index is 13.5. The summed E-state index contributed by atoms with van der Waals surface area (Å²) in [6.07, 6.45) is 0. The van der Waals surface area contributed by atoms with Gasteiger partial charge in [0.15, 0.2) is 0 Å². The van der Waals surface area contributed by atoms with Crippen molar-refractivity contribution < 1.29 is 27.0 Å². The summed E-state index contributed by atoms with van der Waals surface area (Å²) in [6, 6.07) is 3.81. The number of benzene rings is 1. The number of hydrogen-bond acceptors (Lipinski definition) is 0. The first-order valence-electron chi connectivity index (χ1n) is 6.22. The molecule has 0 saturated carbocycles. The Labute approximate surface area is 137 Å². The summed E-state index contributed by atoms with van der Waals surface area (Å²) in [4.78, 5) is 0. The standard InChI is InChI=1S/C15H23F2P.ClH.Pd/c1-14(2,3)18(7,15(4,5)6)13-9-11(16)8-12(17)10-13;;/h8-10H,7H2,1-6H3;1H;/q;;+2/p-1. The summed E-state index contributed by atoms with van der Waals surface area (Å²) in [5.74, 6) is -1.04. The predicted molar refractivity (Wildman–Crippen MR) is 83.6 cm³/mol. The Hall–Kier alpha value is 0.462. The molecule has 0 bridgehead atoms. The topological polar surface area (TPSA) is 0 Å². The molecule has 1 aromatic carbocycles. The summed E-state index contributed by atoms with van der Waals surface area (Å²) in [5.41, 5.74) is 0. The average Bonchev–Trinajstić information content (AvgIpc) is 2.26. The van der Waals surface area contributed by atoms with Gasteiger partial charge in [0.1, 0.15) is 11.6 Å². The Bertz CT molecular complexity index is 416. The molecule has 20 heavy (non-hydrogen) atoms. The molecule has 0 atom stereocenters. The molecule has 0 nitrogen and oxygen atoms in total. The van der Waals surface area contributed by atoms with Gasteiger partial charge in [-0.1, -0.05) is 7.26 Å². The van der Waals surface area contributed by atoms with Crippen LogP contribution in [0.3, 0.4) is 0 Å². The minimum absolute atomic E-state index is 0.106. The predicted octanol–water partition coefficient (Wildman–Crippen LogP) is 5.68. The first-order valence-corrected chi connectivity index (χ1v) is 10.2. The van der Waals surface area contributed by atoms with Crippen LogP contribution in [0.1, 0.15) is 41.5 Å². The van der Waals surface area contributed by atoms with E-state index in [-0.39, 0.29) is 10.3 Å². The van der Waals surface area contributed by atoms with Gasteiger partial charge in [-0.25, -0.2) is 8.78 Å². The molecule has 0 aliphatic heterocycles. The van der Waals surface area contributed by atoms with Gasteiger partial charge >= 0.3 is 27.7 Å². The van der Waals surface area contributed by atoms with Gasteiger partial charge in [-0.15, -0.1) is 0 Å². The van der Waals surface area contributed by atoms with Gasteiger partial charge in [0.05, 0.1) is 15.6 Å². The van der Waals surface area contributed by atoms with Crippen LogP contribution in [0, 0.1) is 18.3 Å². The molecule has 0 spiro atoms. The molecular weight excluding hydrogens is 391 g/mol. The van der Waals surface area contributed by atoms with E-state index in [0.717, 1.165) is 11.4 Å². The number of rotatable bonds is 1. The van der Waals surface area contributed by atoms with Crippen molar-refractivity contribution >= 4 is 22.1 Å². The third kappa shape index (κ3) is 4.23. The maximum atomic E-state index is 13.5. The quantitative estimate of drug-likeness (QED) is 0.315. The van der Waals surface area contributed by atoms with Crippen molar-refractivity contribution in [1.82, 2.24) is 0 Å². The zero-order valence-electron chi connectivity index (χ0n) is 12.8. The zero-order valence-corrected chi connectivity index (χ0v) is 16.0. The van der Waals surface area contributed by atoms with Gasteiger partial charge in [0.25, 0.3) is 0 Å². The number of hydrogen-bond donors (Lipinski definition) is 0. The van der Waals surface area contributed by atoms with Crippen LogP contribution in [0.4, 0.5) is 8.78 Å². The molecule has 0 aliphatic carbocycles. The Morgan fingerprint density at radius 3 is 1.45 bits per heavy atom. The molecule has 0 aromatic heterocycles. The van der Waals surface area contributed by atoms with Crippen LogP contribution in [-0.4, -0.2) is 10.3 Å². The van der Waals surface area contributed by atoms with E-state index in [1.165, 1.54) is 12.1 Å². The summed E-state index contributed by atoms with van der Waals surface area (Å²) in [5, 5.41) is 0.511. The second-order valence-electron chi connectivity index (χ2n) is 6.78. The fourth-order valence-corrected chi connectivity index (χ4v) is 6.79. The van der Waals surface area contributed by atoms with E-state index in [4.69, 9.17) is 0 Å². The number of halogens is 3. The monoisotopic (exact) mass is 413 g/mol. The molecule has 0 N–H and O–H groups in total. The van der Waals surface area contributed by atoms with E-state index in [9.17, 15) is 8.78 Å². The molecule has 0 radical (unpaired) electrons. The Balaban J connectivity index is 0.00000172. The summed E-state index contributed by atoms with van der Waals surface area (Å²) < 4.78 is 27.0. The van der Waals surface area contributed by atoms with Crippen molar-refractivity contribution in [2.24, 2.45) is 0 Å². The SMILES string of the molecule is [CH2-][P+](c1cc(F)cc(F)c1)(C(C)(C)C)C(C)(C)C.[Cl][Pd+]. The van der Waals surface area contributed by atoms with Gasteiger partial charge in [-0.2, -0.15) is 6.66 Å². The van der Waals surface area contributed by atoms with E-state index >= 15 is 0 Å². The zero-order chi connectivity index (χ0) is 16.4. The Kier molecular flexibility index (Phi) is 7.31. The van der Waals surface area contributed by atoms with E-state index < -0.39 is 18.9 Å². The molecule has 1 rings (SSSR count). The molecule has 118 valence electrons. The van der Waals surface area contributed by atoms with E-state index in [0.29, 0.717) is 0 Å². The van der Waals surface area contributed by atoms with Crippen LogP contribution in [0.15, 0.2) is 18.2 Å². The normalized spacial score (nSPS) is 12.8. The molecule has 0 amide bonds. The van der Waals surface area contributed by atoms with E-state index in [1.807, 2.05) is 0 Å². The van der Waals surface area contributed by atoms with Gasteiger partial charge in [0.2, 0.25) is 0 Å². The average molecular weight is 414 g/mol. The van der Waals surface area contributed by atoms with Crippen molar-refractivity contribution in [2.75, 3.05) is 0 Å². The summed E-state index contributed by atoms with van der Waals surface area (Å²) in [7, 11) is 2.52. The first kappa shape index (κ1) is 20.5. The molecule has 0 fully saturated rings. The van der Waals surface area contributed by atoms with Crippen molar-refractivity contribution in [3.8, 4) is 0 Å². The second-order valence-corrected chi connectivity index (χ2v) is 11.6. The molecule has 0 saturated heterocycles. The van der Waals surface area contributed by atoms with Gasteiger partial charge < -0.3 is 0 Å². The third-order valence-electron chi connectivity index (χ3n) is 3.58. The van der Waals surface area contributed by atoms with Gasteiger partial charge in [-0.05, 0) is 41.5 Å². The van der Waals surface area contributed by atoms with Crippen molar-refractivity contribution in [3.63, 3.8) is 0 Å². The molecule has 1 aromatic rings. The summed E-state index contributed by atoms with van der Waals surface area (Å²) in [6.45, 7) is 17.0. The Morgan fingerprint density at radius 2 is 1.20 bits per heavy atom. The van der Waals surface area contributed by atoms with Crippen molar-refractivity contribution in [2.45, 2.75) is 51.9 Å². The fourth-order valence-electron chi connectivity index (χ4n) is 2.54. The molecule has 0 unspecified atom stereocenters. The van der Waals surface area contributed by atoms with Crippen LogP contribution >= 0.6 is 16.8 Å². The first-order chi connectivity index (χ1) is 8.89. The van der Waals surface area contributed by atoms with Gasteiger partial charge in [-0.3, -0.25) is 0 Å². The van der Waals surface area contributed by atoms with Crippen LogP contribution in [-0.2, 0) is 18.2 Å². The van der Waals surface area contributed by atoms with Gasteiger partial charge in [0, 0.05) is 18.2 Å². The molecule has 0 aliphatic rings. The molecule has 5 heteroatoms. The Morgan fingerprint density at radius 1 is 0.900 bits per heavy atom. The fraction of sp³-hybridized carbons (Fsp3) is 0.533. The summed E-state index contributed by atoms with van der Waals surface area (Å²) >= 11 is 2.22. The third-order valence-corrected chi connectivity index (χ3v) is 9.30.